The van der Waals surface area contributed by atoms with Crippen LogP contribution in [0.25, 0.3) is 0 Å². The van der Waals surface area contributed by atoms with Crippen molar-refractivity contribution in [2.24, 2.45) is 10.8 Å². The standard InChI is InChI=1S/C15H28O/c1-14(2,3)12-10-8-9-11-13(16-7)15(4,5)6/h8-10,12-13H,11H2,1-7H3/b9-8+,12-10+. The van der Waals surface area contributed by atoms with Gasteiger partial charge in [-0.05, 0) is 17.3 Å². The van der Waals surface area contributed by atoms with Gasteiger partial charge in [0.2, 0.25) is 0 Å². The molecule has 1 heteroatoms. The van der Waals surface area contributed by atoms with Crippen LogP contribution in [0.2, 0.25) is 0 Å². The quantitative estimate of drug-likeness (QED) is 0.634. The van der Waals surface area contributed by atoms with Gasteiger partial charge in [-0.25, -0.2) is 0 Å². The maximum Gasteiger partial charge on any atom is 0.0654 e. The molecule has 94 valence electrons. The molecule has 0 heterocycles. The van der Waals surface area contributed by atoms with Crippen molar-refractivity contribution in [2.45, 2.75) is 54.1 Å². The Hall–Kier alpha value is -0.560. The van der Waals surface area contributed by atoms with Crippen molar-refractivity contribution < 1.29 is 4.74 Å². The Morgan fingerprint density at radius 3 is 1.94 bits per heavy atom. The molecule has 0 aromatic heterocycles. The molecule has 0 saturated carbocycles. The third-order valence-electron chi connectivity index (χ3n) is 2.44. The van der Waals surface area contributed by atoms with Crippen molar-refractivity contribution in [2.75, 3.05) is 7.11 Å². The molecule has 0 spiro atoms. The number of ether oxygens (including phenoxy) is 1. The molecule has 0 aliphatic carbocycles. The second-order valence-electron chi connectivity index (χ2n) is 6.48. The predicted molar refractivity (Wildman–Crippen MR) is 72.6 cm³/mol. The van der Waals surface area contributed by atoms with Crippen LogP contribution in [0.4, 0.5) is 0 Å². The fourth-order valence-electron chi connectivity index (χ4n) is 1.43. The highest BCUT2D eigenvalue weighted by molar-refractivity contribution is 5.06. The Morgan fingerprint density at radius 1 is 1.00 bits per heavy atom. The lowest BCUT2D eigenvalue weighted by atomic mass is 9.87. The molecule has 0 aromatic carbocycles. The molecule has 0 radical (unpaired) electrons. The number of allylic oxidation sites excluding steroid dienone is 3. The Bertz CT molecular complexity index is 235. The van der Waals surface area contributed by atoms with E-state index in [1.54, 1.807) is 7.11 Å². The Morgan fingerprint density at radius 2 is 1.56 bits per heavy atom. The van der Waals surface area contributed by atoms with E-state index < -0.39 is 0 Å². The lowest BCUT2D eigenvalue weighted by molar-refractivity contribution is 0.0193. The topological polar surface area (TPSA) is 9.23 Å². The van der Waals surface area contributed by atoms with Crippen molar-refractivity contribution >= 4 is 0 Å². The molecule has 16 heavy (non-hydrogen) atoms. The summed E-state index contributed by atoms with van der Waals surface area (Å²) in [6, 6.07) is 0. The second kappa shape index (κ2) is 6.24. The lowest BCUT2D eigenvalue weighted by Gasteiger charge is -2.28. The predicted octanol–water partition coefficient (Wildman–Crippen LogP) is 4.60. The Kier molecular flexibility index (Phi) is 6.02. The first-order valence-corrected chi connectivity index (χ1v) is 6.04. The molecule has 0 aromatic rings. The van der Waals surface area contributed by atoms with Gasteiger partial charge in [0.15, 0.2) is 0 Å². The summed E-state index contributed by atoms with van der Waals surface area (Å²) in [7, 11) is 1.79. The van der Waals surface area contributed by atoms with E-state index in [2.05, 4.69) is 65.8 Å². The fraction of sp³-hybridized carbons (Fsp3) is 0.733. The molecule has 0 aliphatic heterocycles. The van der Waals surface area contributed by atoms with Gasteiger partial charge in [-0.2, -0.15) is 0 Å². The third-order valence-corrected chi connectivity index (χ3v) is 2.44. The molecule has 0 N–H and O–H groups in total. The van der Waals surface area contributed by atoms with Gasteiger partial charge in [0.05, 0.1) is 6.10 Å². The highest BCUT2D eigenvalue weighted by atomic mass is 16.5. The van der Waals surface area contributed by atoms with Crippen LogP contribution < -0.4 is 0 Å². The van der Waals surface area contributed by atoms with E-state index in [1.165, 1.54) is 0 Å². The smallest absolute Gasteiger partial charge is 0.0654 e. The van der Waals surface area contributed by atoms with Crippen LogP contribution >= 0.6 is 0 Å². The van der Waals surface area contributed by atoms with Gasteiger partial charge >= 0.3 is 0 Å². The molecule has 0 aliphatic rings. The summed E-state index contributed by atoms with van der Waals surface area (Å²) in [6.07, 6.45) is 9.88. The normalized spacial score (nSPS) is 16.2. The molecule has 1 unspecified atom stereocenters. The van der Waals surface area contributed by atoms with Crippen LogP contribution in [0, 0.1) is 10.8 Å². The zero-order valence-electron chi connectivity index (χ0n) is 12.0. The average molecular weight is 224 g/mol. The second-order valence-corrected chi connectivity index (χ2v) is 6.48. The summed E-state index contributed by atoms with van der Waals surface area (Å²) in [5.41, 5.74) is 0.460. The van der Waals surface area contributed by atoms with Crippen molar-refractivity contribution in [1.82, 2.24) is 0 Å². The lowest BCUT2D eigenvalue weighted by Crippen LogP contribution is -2.27. The zero-order valence-corrected chi connectivity index (χ0v) is 12.0. The van der Waals surface area contributed by atoms with E-state index in [9.17, 15) is 0 Å². The molecule has 0 rings (SSSR count). The number of hydrogen-bond donors (Lipinski definition) is 0. The van der Waals surface area contributed by atoms with Crippen LogP contribution in [0.5, 0.6) is 0 Å². The SMILES string of the molecule is COC(C/C=C/C=C/C(C)(C)C)C(C)(C)C. The number of hydrogen-bond acceptors (Lipinski definition) is 1. The first kappa shape index (κ1) is 15.4. The van der Waals surface area contributed by atoms with Gasteiger partial charge in [-0.1, -0.05) is 65.8 Å². The van der Waals surface area contributed by atoms with Crippen molar-refractivity contribution in [3.05, 3.63) is 24.3 Å². The number of rotatable bonds is 4. The van der Waals surface area contributed by atoms with Gasteiger partial charge in [0.25, 0.3) is 0 Å². The summed E-state index contributed by atoms with van der Waals surface area (Å²) < 4.78 is 5.49. The summed E-state index contributed by atoms with van der Waals surface area (Å²) >= 11 is 0. The van der Waals surface area contributed by atoms with E-state index >= 15 is 0 Å². The zero-order chi connectivity index (χ0) is 12.8. The van der Waals surface area contributed by atoms with Crippen LogP contribution in [0.15, 0.2) is 24.3 Å². The molecule has 0 amide bonds. The molecule has 0 fully saturated rings. The first-order chi connectivity index (χ1) is 7.17. The van der Waals surface area contributed by atoms with Crippen molar-refractivity contribution in [1.29, 1.82) is 0 Å². The molecule has 1 atom stereocenters. The van der Waals surface area contributed by atoms with Crippen LogP contribution in [-0.2, 0) is 4.74 Å². The van der Waals surface area contributed by atoms with Gasteiger partial charge < -0.3 is 4.74 Å². The summed E-state index contributed by atoms with van der Waals surface area (Å²) in [6.45, 7) is 13.2. The van der Waals surface area contributed by atoms with Crippen LogP contribution in [0.3, 0.4) is 0 Å². The first-order valence-electron chi connectivity index (χ1n) is 6.04. The van der Waals surface area contributed by atoms with E-state index in [0.717, 1.165) is 6.42 Å². The van der Waals surface area contributed by atoms with E-state index in [4.69, 9.17) is 4.74 Å². The maximum absolute atomic E-state index is 5.49. The summed E-state index contributed by atoms with van der Waals surface area (Å²) in [5.74, 6) is 0. The van der Waals surface area contributed by atoms with Gasteiger partial charge in [-0.3, -0.25) is 0 Å². The summed E-state index contributed by atoms with van der Waals surface area (Å²) in [5, 5.41) is 0. The molecule has 0 bridgehead atoms. The van der Waals surface area contributed by atoms with Crippen molar-refractivity contribution in [3.63, 3.8) is 0 Å². The number of methoxy groups -OCH3 is 1. The van der Waals surface area contributed by atoms with Gasteiger partial charge in [0.1, 0.15) is 0 Å². The van der Waals surface area contributed by atoms with E-state index in [0.29, 0.717) is 0 Å². The minimum absolute atomic E-state index is 0.201. The molecule has 1 nitrogen and oxygen atoms in total. The average Bonchev–Trinajstić information content (AvgIpc) is 2.07. The van der Waals surface area contributed by atoms with Crippen molar-refractivity contribution in [3.8, 4) is 0 Å². The maximum atomic E-state index is 5.49. The molecular formula is C15H28O. The van der Waals surface area contributed by atoms with E-state index in [1.807, 2.05) is 0 Å². The van der Waals surface area contributed by atoms with E-state index in [-0.39, 0.29) is 16.9 Å². The minimum Gasteiger partial charge on any atom is -0.381 e. The van der Waals surface area contributed by atoms with Crippen LogP contribution in [-0.4, -0.2) is 13.2 Å². The monoisotopic (exact) mass is 224 g/mol. The third kappa shape index (κ3) is 7.70. The summed E-state index contributed by atoms with van der Waals surface area (Å²) in [4.78, 5) is 0. The Balaban J connectivity index is 4.14. The minimum atomic E-state index is 0.201. The molecular weight excluding hydrogens is 196 g/mol. The Labute approximate surface area is 102 Å². The molecule has 0 saturated heterocycles. The van der Waals surface area contributed by atoms with Crippen LogP contribution in [0.1, 0.15) is 48.0 Å². The highest BCUT2D eigenvalue weighted by Gasteiger charge is 2.22. The highest BCUT2D eigenvalue weighted by Crippen LogP contribution is 2.24. The largest absolute Gasteiger partial charge is 0.381 e. The van der Waals surface area contributed by atoms with Gasteiger partial charge in [0, 0.05) is 7.11 Å². The van der Waals surface area contributed by atoms with Gasteiger partial charge in [-0.15, -0.1) is 0 Å². The fourth-order valence-corrected chi connectivity index (χ4v) is 1.43.